The lowest BCUT2D eigenvalue weighted by Gasteiger charge is -2.17. The highest BCUT2D eigenvalue weighted by atomic mass is 16.5. The average Bonchev–Trinajstić information content (AvgIpc) is 3.00. The molecule has 1 aliphatic heterocycles. The van der Waals surface area contributed by atoms with Gasteiger partial charge in [0.15, 0.2) is 5.78 Å². The van der Waals surface area contributed by atoms with Crippen LogP contribution in [0, 0.1) is 6.92 Å². The molecule has 0 aliphatic carbocycles. The number of esters is 1. The fourth-order valence-electron chi connectivity index (χ4n) is 4.22. The molecule has 0 saturated carbocycles. The van der Waals surface area contributed by atoms with Gasteiger partial charge < -0.3 is 9.30 Å². The maximum absolute atomic E-state index is 12.9. The number of allylic oxidation sites excluding steroid dienone is 1. The first-order valence-electron chi connectivity index (χ1n) is 10.2. The van der Waals surface area contributed by atoms with Gasteiger partial charge in [-0.05, 0) is 61.6 Å². The summed E-state index contributed by atoms with van der Waals surface area (Å²) >= 11 is 0. The molecule has 0 atom stereocenters. The fraction of sp³-hybridized carbons (Fsp3) is 0.280. The first-order chi connectivity index (χ1) is 14.1. The largest absolute Gasteiger partial charge is 0.466 e. The van der Waals surface area contributed by atoms with Crippen LogP contribution in [0.25, 0.3) is 17.0 Å². The molecule has 0 bridgehead atoms. The number of benzene rings is 2. The van der Waals surface area contributed by atoms with E-state index in [0.717, 1.165) is 47.1 Å². The molecule has 3 aromatic rings. The average molecular weight is 387 g/mol. The number of carbonyl (C=O) groups is 2. The summed E-state index contributed by atoms with van der Waals surface area (Å²) in [5.74, 6) is -0.249. The molecule has 0 fully saturated rings. The second-order valence-corrected chi connectivity index (χ2v) is 7.44. The Bertz CT molecular complexity index is 1110. The quantitative estimate of drug-likeness (QED) is 0.343. The lowest BCUT2D eigenvalue weighted by molar-refractivity contribution is -0.142. The zero-order valence-corrected chi connectivity index (χ0v) is 16.9. The molecule has 4 heteroatoms. The first kappa shape index (κ1) is 19.2. The third-order valence-corrected chi connectivity index (χ3v) is 5.59. The van der Waals surface area contributed by atoms with E-state index in [2.05, 4.69) is 11.5 Å². The van der Waals surface area contributed by atoms with Crippen molar-refractivity contribution < 1.29 is 14.3 Å². The van der Waals surface area contributed by atoms with Crippen molar-refractivity contribution in [2.75, 3.05) is 6.61 Å². The summed E-state index contributed by atoms with van der Waals surface area (Å²) in [5.41, 5.74) is 6.08. The maximum atomic E-state index is 12.9. The van der Waals surface area contributed by atoms with Crippen molar-refractivity contribution >= 4 is 28.7 Å². The molecule has 0 radical (unpaired) electrons. The molecule has 0 amide bonds. The van der Waals surface area contributed by atoms with E-state index in [4.69, 9.17) is 4.74 Å². The van der Waals surface area contributed by atoms with Crippen molar-refractivity contribution in [1.29, 1.82) is 0 Å². The third kappa shape index (κ3) is 3.75. The Balaban J connectivity index is 1.76. The van der Waals surface area contributed by atoms with E-state index in [9.17, 15) is 9.59 Å². The van der Waals surface area contributed by atoms with Gasteiger partial charge in [-0.25, -0.2) is 0 Å². The predicted octanol–water partition coefficient (Wildman–Crippen LogP) is 4.90. The van der Waals surface area contributed by atoms with Crippen molar-refractivity contribution in [3.8, 4) is 0 Å². The summed E-state index contributed by atoms with van der Waals surface area (Å²) < 4.78 is 7.47. The van der Waals surface area contributed by atoms with Gasteiger partial charge in [0.1, 0.15) is 0 Å². The van der Waals surface area contributed by atoms with Gasteiger partial charge in [-0.3, -0.25) is 9.59 Å². The van der Waals surface area contributed by atoms with E-state index in [0.29, 0.717) is 12.2 Å². The normalized spacial score (nSPS) is 13.2. The SMILES string of the molecule is CCOC(=O)Cc1c(C)n2c3c(cc(C(=O)/C=C/c4ccccc4)cc13)CCC2. The number of hydrogen-bond acceptors (Lipinski definition) is 3. The van der Waals surface area contributed by atoms with E-state index >= 15 is 0 Å². The molecule has 0 saturated heterocycles. The van der Waals surface area contributed by atoms with Gasteiger partial charge in [-0.15, -0.1) is 0 Å². The minimum absolute atomic E-state index is 0.0231. The number of carbonyl (C=O) groups excluding carboxylic acids is 2. The van der Waals surface area contributed by atoms with Crippen LogP contribution in [-0.4, -0.2) is 22.9 Å². The van der Waals surface area contributed by atoms with E-state index in [-0.39, 0.29) is 18.2 Å². The molecule has 0 spiro atoms. The van der Waals surface area contributed by atoms with Gasteiger partial charge in [-0.1, -0.05) is 36.4 Å². The second kappa shape index (κ2) is 8.08. The zero-order valence-electron chi connectivity index (χ0n) is 16.9. The van der Waals surface area contributed by atoms with Crippen molar-refractivity contribution in [3.05, 3.63) is 76.5 Å². The molecule has 29 heavy (non-hydrogen) atoms. The first-order valence-corrected chi connectivity index (χ1v) is 10.2. The Morgan fingerprint density at radius 2 is 1.97 bits per heavy atom. The van der Waals surface area contributed by atoms with Gasteiger partial charge >= 0.3 is 5.97 Å². The van der Waals surface area contributed by atoms with Gasteiger partial charge in [-0.2, -0.15) is 0 Å². The molecule has 4 nitrogen and oxygen atoms in total. The van der Waals surface area contributed by atoms with Gasteiger partial charge in [0.2, 0.25) is 0 Å². The summed E-state index contributed by atoms with van der Waals surface area (Å²) in [4.78, 5) is 25.1. The molecular formula is C25H25NO3. The van der Waals surface area contributed by atoms with E-state index in [1.807, 2.05) is 55.5 Å². The van der Waals surface area contributed by atoms with Gasteiger partial charge in [0.05, 0.1) is 18.5 Å². The Morgan fingerprint density at radius 1 is 1.17 bits per heavy atom. The second-order valence-electron chi connectivity index (χ2n) is 7.44. The van der Waals surface area contributed by atoms with Crippen LogP contribution in [0.3, 0.4) is 0 Å². The summed E-state index contributed by atoms with van der Waals surface area (Å²) in [6.45, 7) is 5.19. The molecular weight excluding hydrogens is 362 g/mol. The van der Waals surface area contributed by atoms with Crippen molar-refractivity contribution in [2.24, 2.45) is 0 Å². The summed E-state index contributed by atoms with van der Waals surface area (Å²) in [7, 11) is 0. The van der Waals surface area contributed by atoms with Crippen molar-refractivity contribution in [3.63, 3.8) is 0 Å². The summed E-state index contributed by atoms with van der Waals surface area (Å²) in [6.07, 6.45) is 5.69. The van der Waals surface area contributed by atoms with Gasteiger partial charge in [0.25, 0.3) is 0 Å². The summed E-state index contributed by atoms with van der Waals surface area (Å²) in [6, 6.07) is 13.8. The van der Waals surface area contributed by atoms with Crippen LogP contribution in [0.4, 0.5) is 0 Å². The van der Waals surface area contributed by atoms with Crippen LogP contribution in [0.1, 0.15) is 46.1 Å². The minimum atomic E-state index is -0.226. The molecule has 2 heterocycles. The van der Waals surface area contributed by atoms with Crippen LogP contribution in [0.5, 0.6) is 0 Å². The molecule has 1 aromatic heterocycles. The van der Waals surface area contributed by atoms with Crippen LogP contribution in [0.2, 0.25) is 0 Å². The monoisotopic (exact) mass is 387 g/mol. The molecule has 0 unspecified atom stereocenters. The van der Waals surface area contributed by atoms with Gasteiger partial charge in [0, 0.05) is 23.2 Å². The minimum Gasteiger partial charge on any atom is -0.466 e. The number of ether oxygens (including phenoxy) is 1. The van der Waals surface area contributed by atoms with Crippen LogP contribution in [-0.2, 0) is 28.9 Å². The molecule has 4 rings (SSSR count). The lowest BCUT2D eigenvalue weighted by atomic mass is 9.96. The number of nitrogens with zero attached hydrogens (tertiary/aromatic N) is 1. The summed E-state index contributed by atoms with van der Waals surface area (Å²) in [5, 5.41) is 1.00. The molecule has 1 aliphatic rings. The lowest BCUT2D eigenvalue weighted by Crippen LogP contribution is -2.10. The number of hydrogen-bond donors (Lipinski definition) is 0. The predicted molar refractivity (Wildman–Crippen MR) is 115 cm³/mol. The Morgan fingerprint density at radius 3 is 2.72 bits per heavy atom. The van der Waals surface area contributed by atoms with Crippen molar-refractivity contribution in [1.82, 2.24) is 4.57 Å². The third-order valence-electron chi connectivity index (χ3n) is 5.59. The number of ketones is 1. The van der Waals surface area contributed by atoms with Crippen LogP contribution in [0.15, 0.2) is 48.5 Å². The Kier molecular flexibility index (Phi) is 5.34. The van der Waals surface area contributed by atoms with E-state index < -0.39 is 0 Å². The standard InChI is InChI=1S/C25H25NO3/c1-3-29-24(28)16-21-17(2)26-13-7-10-19-14-20(15-22(21)25(19)26)23(27)12-11-18-8-5-4-6-9-18/h4-6,8-9,11-12,14-15H,3,7,10,13,16H2,1-2H3/b12-11+. The van der Waals surface area contributed by atoms with Crippen LogP contribution < -0.4 is 0 Å². The Labute approximate surface area is 170 Å². The highest BCUT2D eigenvalue weighted by Gasteiger charge is 2.23. The molecule has 2 aromatic carbocycles. The molecule has 148 valence electrons. The van der Waals surface area contributed by atoms with Crippen molar-refractivity contribution in [2.45, 2.75) is 39.7 Å². The highest BCUT2D eigenvalue weighted by molar-refractivity contribution is 6.09. The molecule has 0 N–H and O–H groups in total. The highest BCUT2D eigenvalue weighted by Crippen LogP contribution is 2.34. The van der Waals surface area contributed by atoms with E-state index in [1.165, 1.54) is 5.56 Å². The Hall–Kier alpha value is -3.14. The fourth-order valence-corrected chi connectivity index (χ4v) is 4.22. The van der Waals surface area contributed by atoms with E-state index in [1.54, 1.807) is 6.08 Å². The number of rotatable bonds is 6. The number of aryl methyl sites for hydroxylation is 2. The topological polar surface area (TPSA) is 48.3 Å². The smallest absolute Gasteiger partial charge is 0.310 e. The maximum Gasteiger partial charge on any atom is 0.310 e. The number of aromatic nitrogens is 1. The zero-order chi connectivity index (χ0) is 20.4. The van der Waals surface area contributed by atoms with Crippen LogP contribution >= 0.6 is 0 Å².